The molecule has 3 nitrogen and oxygen atoms in total. The Hall–Kier alpha value is -2.55. The Morgan fingerprint density at radius 2 is 1.82 bits per heavy atom. The lowest BCUT2D eigenvalue weighted by Crippen LogP contribution is -2.18. The standard InChI is InChI=1S/C25H32O3/c1-5-6-7-8-16-25(2,3)22-18-21(13-14-23(22)28-4)20-11-9-10-19(17-20)12-15-24(26)27/h9-15,17-18H,5-8,16H2,1-4H3,(H,26,27). The minimum atomic E-state index is -0.943. The topological polar surface area (TPSA) is 46.5 Å². The van der Waals surface area contributed by atoms with Crippen LogP contribution in [-0.4, -0.2) is 18.2 Å². The number of carboxylic acid groups (broad SMARTS) is 1. The first-order chi connectivity index (χ1) is 13.4. The molecule has 0 bridgehead atoms. The molecule has 0 spiro atoms. The molecule has 1 N–H and O–H groups in total. The fourth-order valence-corrected chi connectivity index (χ4v) is 3.53. The highest BCUT2D eigenvalue weighted by Crippen LogP contribution is 2.38. The third-order valence-corrected chi connectivity index (χ3v) is 5.22. The molecule has 0 aromatic heterocycles. The van der Waals surface area contributed by atoms with E-state index in [1.165, 1.54) is 31.2 Å². The first-order valence-corrected chi connectivity index (χ1v) is 10.1. The van der Waals surface area contributed by atoms with Crippen molar-refractivity contribution in [2.75, 3.05) is 7.11 Å². The van der Waals surface area contributed by atoms with E-state index in [0.29, 0.717) is 0 Å². The molecule has 2 rings (SSSR count). The Morgan fingerprint density at radius 3 is 2.50 bits per heavy atom. The summed E-state index contributed by atoms with van der Waals surface area (Å²) in [5, 5.41) is 8.85. The van der Waals surface area contributed by atoms with Crippen LogP contribution in [0.5, 0.6) is 5.75 Å². The van der Waals surface area contributed by atoms with Crippen molar-refractivity contribution in [3.05, 3.63) is 59.7 Å². The lowest BCUT2D eigenvalue weighted by Gasteiger charge is -2.28. The molecule has 0 unspecified atom stereocenters. The van der Waals surface area contributed by atoms with Gasteiger partial charge >= 0.3 is 5.97 Å². The molecule has 150 valence electrons. The quantitative estimate of drug-likeness (QED) is 0.368. The number of methoxy groups -OCH3 is 1. The van der Waals surface area contributed by atoms with Gasteiger partial charge in [0.15, 0.2) is 0 Å². The smallest absolute Gasteiger partial charge is 0.328 e. The van der Waals surface area contributed by atoms with Gasteiger partial charge in [-0.15, -0.1) is 0 Å². The summed E-state index contributed by atoms with van der Waals surface area (Å²) in [6.45, 7) is 6.80. The molecule has 28 heavy (non-hydrogen) atoms. The van der Waals surface area contributed by atoms with E-state index in [9.17, 15) is 4.79 Å². The normalized spacial score (nSPS) is 11.7. The Labute approximate surface area is 169 Å². The zero-order valence-corrected chi connectivity index (χ0v) is 17.5. The Kier molecular flexibility index (Phi) is 7.86. The van der Waals surface area contributed by atoms with Crippen LogP contribution in [0.25, 0.3) is 17.2 Å². The number of aliphatic carboxylic acids is 1. The molecule has 3 heteroatoms. The number of hydrogen-bond acceptors (Lipinski definition) is 2. The van der Waals surface area contributed by atoms with Crippen molar-refractivity contribution in [2.45, 2.75) is 58.3 Å². The number of carbonyl (C=O) groups is 1. The Bertz CT molecular complexity index is 818. The maximum absolute atomic E-state index is 10.8. The van der Waals surface area contributed by atoms with Crippen molar-refractivity contribution < 1.29 is 14.6 Å². The molecule has 2 aromatic carbocycles. The van der Waals surface area contributed by atoms with Gasteiger partial charge in [-0.3, -0.25) is 0 Å². The molecule has 0 radical (unpaired) electrons. The van der Waals surface area contributed by atoms with E-state index in [0.717, 1.165) is 34.9 Å². The van der Waals surface area contributed by atoms with Crippen molar-refractivity contribution in [2.24, 2.45) is 0 Å². The van der Waals surface area contributed by atoms with E-state index in [1.807, 2.05) is 24.3 Å². The lowest BCUT2D eigenvalue weighted by molar-refractivity contribution is -0.131. The summed E-state index contributed by atoms with van der Waals surface area (Å²) in [6.07, 6.45) is 8.90. The molecule has 2 aromatic rings. The van der Waals surface area contributed by atoms with E-state index in [4.69, 9.17) is 9.84 Å². The second kappa shape index (κ2) is 10.1. The fourth-order valence-electron chi connectivity index (χ4n) is 3.53. The third-order valence-electron chi connectivity index (χ3n) is 5.22. The number of unbranched alkanes of at least 4 members (excludes halogenated alkanes) is 3. The highest BCUT2D eigenvalue weighted by Gasteiger charge is 2.24. The van der Waals surface area contributed by atoms with E-state index < -0.39 is 5.97 Å². The molecule has 0 aliphatic heterocycles. The van der Waals surface area contributed by atoms with Gasteiger partial charge in [0.1, 0.15) is 5.75 Å². The predicted molar refractivity (Wildman–Crippen MR) is 117 cm³/mol. The Balaban J connectivity index is 2.34. The summed E-state index contributed by atoms with van der Waals surface area (Å²) in [5.74, 6) is -0.0203. The molecule has 0 saturated carbocycles. The summed E-state index contributed by atoms with van der Waals surface area (Å²) >= 11 is 0. The van der Waals surface area contributed by atoms with Crippen molar-refractivity contribution in [3.8, 4) is 16.9 Å². The molecule has 0 fully saturated rings. The summed E-state index contributed by atoms with van der Waals surface area (Å²) in [6, 6.07) is 14.3. The van der Waals surface area contributed by atoms with Crippen LogP contribution >= 0.6 is 0 Å². The van der Waals surface area contributed by atoms with Crippen LogP contribution in [0.15, 0.2) is 48.5 Å². The monoisotopic (exact) mass is 380 g/mol. The minimum absolute atomic E-state index is 0.0237. The van der Waals surface area contributed by atoms with Crippen LogP contribution < -0.4 is 4.74 Å². The molecule has 0 aliphatic rings. The molecule has 0 aliphatic carbocycles. The van der Waals surface area contributed by atoms with Gasteiger partial charge in [-0.05, 0) is 52.8 Å². The van der Waals surface area contributed by atoms with Gasteiger partial charge < -0.3 is 9.84 Å². The highest BCUT2D eigenvalue weighted by atomic mass is 16.5. The van der Waals surface area contributed by atoms with E-state index in [2.05, 4.69) is 39.0 Å². The van der Waals surface area contributed by atoms with Crippen LogP contribution in [0.3, 0.4) is 0 Å². The van der Waals surface area contributed by atoms with Crippen molar-refractivity contribution in [3.63, 3.8) is 0 Å². The number of carboxylic acids is 1. The van der Waals surface area contributed by atoms with Gasteiger partial charge in [0, 0.05) is 11.6 Å². The van der Waals surface area contributed by atoms with Crippen LogP contribution in [0, 0.1) is 0 Å². The second-order valence-electron chi connectivity index (χ2n) is 7.91. The van der Waals surface area contributed by atoms with Crippen molar-refractivity contribution in [1.82, 2.24) is 0 Å². The number of hydrogen-bond donors (Lipinski definition) is 1. The van der Waals surface area contributed by atoms with Gasteiger partial charge in [-0.2, -0.15) is 0 Å². The number of rotatable bonds is 10. The summed E-state index contributed by atoms with van der Waals surface area (Å²) in [4.78, 5) is 10.8. The van der Waals surface area contributed by atoms with Crippen LogP contribution in [0.4, 0.5) is 0 Å². The first-order valence-electron chi connectivity index (χ1n) is 10.1. The zero-order valence-electron chi connectivity index (χ0n) is 17.5. The largest absolute Gasteiger partial charge is 0.496 e. The fraction of sp³-hybridized carbons (Fsp3) is 0.400. The average molecular weight is 381 g/mol. The van der Waals surface area contributed by atoms with Crippen molar-refractivity contribution >= 4 is 12.0 Å². The second-order valence-corrected chi connectivity index (χ2v) is 7.91. The van der Waals surface area contributed by atoms with Crippen LogP contribution in [0.2, 0.25) is 0 Å². The minimum Gasteiger partial charge on any atom is -0.496 e. The van der Waals surface area contributed by atoms with Gasteiger partial charge in [0.2, 0.25) is 0 Å². The zero-order chi connectivity index (χ0) is 20.6. The molecular formula is C25H32O3. The highest BCUT2D eigenvalue weighted by molar-refractivity contribution is 5.85. The number of ether oxygens (including phenoxy) is 1. The van der Waals surface area contributed by atoms with Crippen molar-refractivity contribution in [1.29, 1.82) is 0 Å². The van der Waals surface area contributed by atoms with Crippen LogP contribution in [-0.2, 0) is 10.2 Å². The average Bonchev–Trinajstić information content (AvgIpc) is 2.69. The third kappa shape index (κ3) is 5.98. The first kappa shape index (κ1) is 21.7. The van der Waals surface area contributed by atoms with Gasteiger partial charge in [-0.25, -0.2) is 4.79 Å². The SMILES string of the molecule is CCCCCCC(C)(C)c1cc(-c2cccc(C=CC(=O)O)c2)ccc1OC. The molecular weight excluding hydrogens is 348 g/mol. The maximum atomic E-state index is 10.8. The molecule has 0 atom stereocenters. The number of benzene rings is 2. The predicted octanol–water partition coefficient (Wildman–Crippen LogP) is 6.71. The lowest BCUT2D eigenvalue weighted by atomic mass is 9.78. The molecule has 0 heterocycles. The van der Waals surface area contributed by atoms with Gasteiger partial charge in [-0.1, -0.05) is 70.7 Å². The van der Waals surface area contributed by atoms with Gasteiger partial charge in [0.05, 0.1) is 7.11 Å². The summed E-state index contributed by atoms with van der Waals surface area (Å²) in [5.41, 5.74) is 4.29. The molecule has 0 amide bonds. The van der Waals surface area contributed by atoms with E-state index in [-0.39, 0.29) is 5.41 Å². The Morgan fingerprint density at radius 1 is 1.07 bits per heavy atom. The summed E-state index contributed by atoms with van der Waals surface area (Å²) in [7, 11) is 1.73. The van der Waals surface area contributed by atoms with E-state index >= 15 is 0 Å². The maximum Gasteiger partial charge on any atom is 0.328 e. The summed E-state index contributed by atoms with van der Waals surface area (Å²) < 4.78 is 5.66. The van der Waals surface area contributed by atoms with Crippen LogP contribution in [0.1, 0.15) is 64.0 Å². The molecule has 0 saturated heterocycles. The van der Waals surface area contributed by atoms with Gasteiger partial charge in [0.25, 0.3) is 0 Å². The van der Waals surface area contributed by atoms with E-state index in [1.54, 1.807) is 13.2 Å².